The highest BCUT2D eigenvalue weighted by Gasteiger charge is 2.54. The highest BCUT2D eigenvalue weighted by molar-refractivity contribution is 6.39. The van der Waals surface area contributed by atoms with E-state index in [0.29, 0.717) is 47.1 Å². The number of ether oxygens (including phenoxy) is 4. The van der Waals surface area contributed by atoms with Crippen molar-refractivity contribution >= 4 is 45.0 Å². The van der Waals surface area contributed by atoms with Gasteiger partial charge in [-0.3, -0.25) is 14.6 Å². The van der Waals surface area contributed by atoms with Gasteiger partial charge in [0.2, 0.25) is 5.78 Å². The molecule has 56 heavy (non-hydrogen) atoms. The number of benzene rings is 1. The summed E-state index contributed by atoms with van der Waals surface area (Å²) >= 11 is 7.46. The van der Waals surface area contributed by atoms with Gasteiger partial charge in [-0.05, 0) is 73.7 Å². The van der Waals surface area contributed by atoms with Crippen LogP contribution in [0.25, 0.3) is 21.8 Å². The lowest BCUT2D eigenvalue weighted by Gasteiger charge is -2.46. The fraction of sp³-hybridized carbons (Fsp3) is 0.477. The van der Waals surface area contributed by atoms with E-state index >= 15 is 0 Å². The van der Waals surface area contributed by atoms with Crippen molar-refractivity contribution in [3.05, 3.63) is 71.1 Å². The molecule has 0 amide bonds. The van der Waals surface area contributed by atoms with E-state index in [0.717, 1.165) is 10.9 Å². The summed E-state index contributed by atoms with van der Waals surface area (Å²) in [6.45, 7) is 12.1. The van der Waals surface area contributed by atoms with Crippen LogP contribution in [0.5, 0.6) is 5.75 Å². The molecule has 9 atom stereocenters. The van der Waals surface area contributed by atoms with E-state index < -0.39 is 47.2 Å². The fourth-order valence-electron chi connectivity index (χ4n) is 8.13. The van der Waals surface area contributed by atoms with Crippen LogP contribution in [0.4, 0.5) is 0 Å². The third-order valence-electron chi connectivity index (χ3n) is 11.1. The Morgan fingerprint density at radius 2 is 1.98 bits per heavy atom. The summed E-state index contributed by atoms with van der Waals surface area (Å²) in [7, 11) is 0. The second-order valence-corrected chi connectivity index (χ2v) is 16.2. The van der Waals surface area contributed by atoms with E-state index in [4.69, 9.17) is 30.5 Å². The molecule has 2 aliphatic heterocycles. The van der Waals surface area contributed by atoms with Gasteiger partial charge in [-0.2, -0.15) is 0 Å². The molecular weight excluding hydrogens is 734 g/mol. The van der Waals surface area contributed by atoms with Crippen LogP contribution in [0.1, 0.15) is 77.7 Å². The molecule has 0 radical (unpaired) electrons. The van der Waals surface area contributed by atoms with Crippen LogP contribution in [-0.2, 0) is 23.7 Å². The maximum Gasteiger partial charge on any atom is 0.206 e. The molecule has 7 rings (SSSR count). The summed E-state index contributed by atoms with van der Waals surface area (Å²) in [5.41, 5.74) is 0.860. The van der Waals surface area contributed by atoms with E-state index in [1.807, 2.05) is 13.0 Å². The average molecular weight is 782 g/mol. The minimum absolute atomic E-state index is 0.0513. The lowest BCUT2D eigenvalue weighted by Crippen LogP contribution is -2.59. The number of rotatable bonds is 9. The van der Waals surface area contributed by atoms with Gasteiger partial charge in [0.1, 0.15) is 28.5 Å². The molecule has 0 saturated carbocycles. The SMILES string of the molecule is CC/C=C1\C2=C(C)C(=O)C[C@@]1(O)C#C/C=C\C#C[C@@H]2OC1OC(C)C(Cl)(C(=O)c2nccc3c2[nH]c2ccc(O)cc23)CC1OC1CC(C)C(NC(C)C)CO1. The van der Waals surface area contributed by atoms with Crippen LogP contribution in [0.15, 0.2) is 65.4 Å². The number of pyridine rings is 1. The molecule has 2 aliphatic carbocycles. The number of nitrogens with zero attached hydrogens (tertiary/aromatic N) is 1. The normalized spacial score (nSPS) is 33.3. The number of aromatic nitrogens is 2. The first-order chi connectivity index (χ1) is 26.7. The van der Waals surface area contributed by atoms with Crippen LogP contribution in [0, 0.1) is 29.6 Å². The standard InChI is InChI=1S/C44H48ClN3O8/c1-7-12-31-38-26(5)34(50)21-43(31,52)17-11-9-8-10-13-35(38)56-42-36(55-37-19-25(4)33(23-53-37)47-24(2)3)22-44(45,27(6)54-42)41(51)40-39-29(16-18-46-40)30-20-28(49)14-15-32(30)48-39/h8-9,12,14-16,18,20,24-25,27,33,35-37,42,47-49,52H,7,19,21-23H2,1-6H3/b9-8-,31-12+/t25?,27?,33?,35-,36?,37?,42?,43-,44?/m0/s1. The molecule has 4 heterocycles. The minimum atomic E-state index is -1.75. The number of aliphatic hydroxyl groups is 1. The molecule has 12 heteroatoms. The molecule has 0 spiro atoms. The molecule has 294 valence electrons. The molecule has 2 aromatic heterocycles. The Morgan fingerprint density at radius 3 is 2.73 bits per heavy atom. The van der Waals surface area contributed by atoms with E-state index in [2.05, 4.69) is 59.7 Å². The Bertz CT molecular complexity index is 2270. The molecule has 1 aromatic carbocycles. The number of hydrogen-bond donors (Lipinski definition) is 4. The van der Waals surface area contributed by atoms with Gasteiger partial charge in [-0.15, -0.1) is 11.6 Å². The van der Waals surface area contributed by atoms with E-state index in [1.54, 1.807) is 50.4 Å². The maximum atomic E-state index is 14.7. The number of carbonyl (C=O) groups is 2. The molecular formula is C44H48ClN3O8. The first-order valence-electron chi connectivity index (χ1n) is 19.3. The van der Waals surface area contributed by atoms with Gasteiger partial charge < -0.3 is 39.5 Å². The Kier molecular flexibility index (Phi) is 11.3. The van der Waals surface area contributed by atoms with Gasteiger partial charge in [0.15, 0.2) is 24.0 Å². The summed E-state index contributed by atoms with van der Waals surface area (Å²) in [4.78, 5) is 34.3. The average Bonchev–Trinajstić information content (AvgIpc) is 3.52. The minimum Gasteiger partial charge on any atom is -0.508 e. The van der Waals surface area contributed by atoms with Crippen molar-refractivity contribution in [2.24, 2.45) is 5.92 Å². The maximum absolute atomic E-state index is 14.7. The summed E-state index contributed by atoms with van der Waals surface area (Å²) in [6, 6.07) is 7.11. The summed E-state index contributed by atoms with van der Waals surface area (Å²) in [5, 5.41) is 27.0. The number of H-pyrrole nitrogens is 1. The highest BCUT2D eigenvalue weighted by atomic mass is 35.5. The zero-order chi connectivity index (χ0) is 39.9. The molecule has 11 nitrogen and oxygen atoms in total. The Morgan fingerprint density at radius 1 is 1.20 bits per heavy atom. The second-order valence-electron chi connectivity index (χ2n) is 15.5. The zero-order valence-corrected chi connectivity index (χ0v) is 33.2. The lowest BCUT2D eigenvalue weighted by molar-refractivity contribution is -0.299. The van der Waals surface area contributed by atoms with Gasteiger partial charge >= 0.3 is 0 Å². The number of hydrogen-bond acceptors (Lipinski definition) is 10. The van der Waals surface area contributed by atoms with Crippen molar-refractivity contribution in [3.8, 4) is 29.4 Å². The quantitative estimate of drug-likeness (QED) is 0.113. The molecule has 3 aromatic rings. The number of aromatic amines is 1. The fourth-order valence-corrected chi connectivity index (χ4v) is 8.42. The summed E-state index contributed by atoms with van der Waals surface area (Å²) in [5.74, 6) is 11.4. The predicted molar refractivity (Wildman–Crippen MR) is 213 cm³/mol. The Hall–Kier alpha value is -4.30. The van der Waals surface area contributed by atoms with Gasteiger partial charge in [-0.1, -0.05) is 57.5 Å². The van der Waals surface area contributed by atoms with Gasteiger partial charge in [-0.25, -0.2) is 0 Å². The van der Waals surface area contributed by atoms with E-state index in [-0.39, 0.29) is 48.1 Å². The molecule has 7 unspecified atom stereocenters. The largest absolute Gasteiger partial charge is 0.508 e. The number of allylic oxidation sites excluding steroid dienone is 4. The second kappa shape index (κ2) is 15.9. The number of phenols is 1. The van der Waals surface area contributed by atoms with Crippen LogP contribution < -0.4 is 5.32 Å². The van der Waals surface area contributed by atoms with Crippen LogP contribution in [-0.4, -0.2) is 91.8 Å². The number of halogens is 1. The number of Topliss-reactive ketones (excluding diaryl/α,β-unsaturated/α-hetero) is 2. The van der Waals surface area contributed by atoms with E-state index in [1.165, 1.54) is 6.08 Å². The Labute approximate surface area is 331 Å². The predicted octanol–water partition coefficient (Wildman–Crippen LogP) is 6.17. The van der Waals surface area contributed by atoms with Gasteiger partial charge in [0.25, 0.3) is 0 Å². The highest BCUT2D eigenvalue weighted by Crippen LogP contribution is 2.44. The molecule has 4 aliphatic rings. The topological polar surface area (TPSA) is 152 Å². The summed E-state index contributed by atoms with van der Waals surface area (Å²) in [6.07, 6.45) is 2.59. The first kappa shape index (κ1) is 39.9. The van der Waals surface area contributed by atoms with Crippen LogP contribution in [0.3, 0.4) is 0 Å². The Balaban J connectivity index is 1.26. The number of ketones is 2. The lowest BCUT2D eigenvalue weighted by atomic mass is 9.73. The number of fused-ring (bicyclic) bond motifs is 5. The smallest absolute Gasteiger partial charge is 0.206 e. The molecule has 4 N–H and O–H groups in total. The van der Waals surface area contributed by atoms with Crippen molar-refractivity contribution in [1.82, 2.24) is 15.3 Å². The number of alkyl halides is 1. The van der Waals surface area contributed by atoms with Gasteiger partial charge in [0, 0.05) is 53.0 Å². The molecule has 2 saturated heterocycles. The van der Waals surface area contributed by atoms with Crippen molar-refractivity contribution < 1.29 is 38.7 Å². The summed E-state index contributed by atoms with van der Waals surface area (Å²) < 4.78 is 26.3. The molecule has 2 fully saturated rings. The zero-order valence-electron chi connectivity index (χ0n) is 32.4. The number of nitrogens with one attached hydrogen (secondary N) is 2. The van der Waals surface area contributed by atoms with E-state index in [9.17, 15) is 19.8 Å². The number of phenolic OH excluding ortho intramolecular Hbond substituents is 1. The van der Waals surface area contributed by atoms with Crippen molar-refractivity contribution in [1.29, 1.82) is 0 Å². The number of aromatic hydroxyl groups is 1. The van der Waals surface area contributed by atoms with Crippen molar-refractivity contribution in [2.45, 2.75) is 121 Å². The monoisotopic (exact) mass is 781 g/mol. The number of carbonyl (C=O) groups excluding carboxylic acids is 2. The van der Waals surface area contributed by atoms with Crippen LogP contribution in [0.2, 0.25) is 0 Å². The first-order valence-corrected chi connectivity index (χ1v) is 19.6. The van der Waals surface area contributed by atoms with Gasteiger partial charge in [0.05, 0.1) is 24.6 Å². The third kappa shape index (κ3) is 7.58. The third-order valence-corrected chi connectivity index (χ3v) is 11.8. The van der Waals surface area contributed by atoms with Crippen LogP contribution >= 0.6 is 11.6 Å². The molecule has 2 bridgehead atoms. The van der Waals surface area contributed by atoms with Crippen molar-refractivity contribution in [3.63, 3.8) is 0 Å². The van der Waals surface area contributed by atoms with Crippen molar-refractivity contribution in [2.75, 3.05) is 6.61 Å².